The van der Waals surface area contributed by atoms with Gasteiger partial charge in [0.25, 0.3) is 0 Å². The summed E-state index contributed by atoms with van der Waals surface area (Å²) in [6.45, 7) is 35.1. The summed E-state index contributed by atoms with van der Waals surface area (Å²) in [5.41, 5.74) is -1.06. The highest BCUT2D eigenvalue weighted by atomic mass is 16.7. The van der Waals surface area contributed by atoms with Crippen LogP contribution in [0.15, 0.2) is 48.6 Å². The summed E-state index contributed by atoms with van der Waals surface area (Å²) < 4.78 is 37.3. The summed E-state index contributed by atoms with van der Waals surface area (Å²) in [4.78, 5) is 65.1. The number of ether oxygens (including phenoxy) is 6. The smallest absolute Gasteiger partial charge is 0.173 e. The van der Waals surface area contributed by atoms with E-state index < -0.39 is 39.0 Å². The van der Waals surface area contributed by atoms with Crippen molar-refractivity contribution in [3.63, 3.8) is 0 Å². The van der Waals surface area contributed by atoms with E-state index >= 15 is 0 Å². The summed E-state index contributed by atoms with van der Waals surface area (Å²) >= 11 is 0. The van der Waals surface area contributed by atoms with E-state index in [1.165, 1.54) is 6.42 Å². The van der Waals surface area contributed by atoms with Gasteiger partial charge < -0.3 is 33.2 Å². The Kier molecular flexibility index (Phi) is 14.4. The van der Waals surface area contributed by atoms with Crippen molar-refractivity contribution >= 4 is 29.9 Å². The predicted octanol–water partition coefficient (Wildman–Crippen LogP) is 12.2. The molecule has 428 valence electrons. The van der Waals surface area contributed by atoms with E-state index in [0.29, 0.717) is 76.0 Å². The molecule has 0 aromatic carbocycles. The fourth-order valence-corrected chi connectivity index (χ4v) is 20.1. The average Bonchev–Trinajstić information content (AvgIpc) is 4.41. The molecule has 10 fully saturated rings. The first-order valence-electron chi connectivity index (χ1n) is 30.2. The zero-order chi connectivity index (χ0) is 56.5. The van der Waals surface area contributed by atoms with Crippen LogP contribution in [-0.2, 0) is 52.4 Å². The fraction of sp³-hybridized carbons (Fsp3) is 0.776. The second-order valence-electron chi connectivity index (χ2n) is 28.8. The van der Waals surface area contributed by atoms with E-state index in [1.54, 1.807) is 18.6 Å². The lowest BCUT2D eigenvalue weighted by molar-refractivity contribution is -0.237. The second kappa shape index (κ2) is 19.4. The van der Waals surface area contributed by atoms with Gasteiger partial charge in [0, 0.05) is 99.6 Å². The van der Waals surface area contributed by atoms with Gasteiger partial charge in [-0.1, -0.05) is 105 Å². The lowest BCUT2D eigenvalue weighted by atomic mass is 9.45. The molecular formula is C67H94O11. The molecule has 0 amide bonds. The van der Waals surface area contributed by atoms with Crippen LogP contribution in [0, 0.1) is 108 Å². The molecule has 11 nitrogen and oxygen atoms in total. The van der Waals surface area contributed by atoms with Crippen molar-refractivity contribution in [2.45, 2.75) is 190 Å². The quantitative estimate of drug-likeness (QED) is 0.137. The number of aldehydes is 2. The van der Waals surface area contributed by atoms with Crippen LogP contribution in [0.2, 0.25) is 0 Å². The van der Waals surface area contributed by atoms with Crippen LogP contribution < -0.4 is 0 Å². The Morgan fingerprint density at radius 3 is 1.64 bits per heavy atom. The van der Waals surface area contributed by atoms with Gasteiger partial charge in [0.1, 0.15) is 29.9 Å². The van der Waals surface area contributed by atoms with E-state index in [-0.39, 0.29) is 74.7 Å². The van der Waals surface area contributed by atoms with Crippen LogP contribution in [0.5, 0.6) is 0 Å². The maximum atomic E-state index is 13.9. The van der Waals surface area contributed by atoms with Gasteiger partial charge in [-0.05, 0) is 105 Å². The van der Waals surface area contributed by atoms with Crippen LogP contribution >= 0.6 is 0 Å². The van der Waals surface area contributed by atoms with Crippen molar-refractivity contribution in [1.82, 2.24) is 0 Å². The first kappa shape index (κ1) is 57.8. The molecule has 17 atom stereocenters. The van der Waals surface area contributed by atoms with Crippen molar-refractivity contribution in [2.75, 3.05) is 39.6 Å². The van der Waals surface area contributed by atoms with Gasteiger partial charge in [-0.2, -0.15) is 0 Å². The summed E-state index contributed by atoms with van der Waals surface area (Å²) in [5.74, 6) is 3.40. The Labute approximate surface area is 466 Å². The molecule has 3 unspecified atom stereocenters. The lowest BCUT2D eigenvalue weighted by Crippen LogP contribution is -2.61. The van der Waals surface area contributed by atoms with Crippen molar-refractivity contribution in [3.05, 3.63) is 48.6 Å². The number of rotatable bonds is 7. The van der Waals surface area contributed by atoms with Crippen molar-refractivity contribution in [3.8, 4) is 12.3 Å². The second-order valence-corrected chi connectivity index (χ2v) is 28.8. The first-order valence-corrected chi connectivity index (χ1v) is 30.2. The van der Waals surface area contributed by atoms with Crippen LogP contribution in [-0.4, -0.2) is 86.9 Å². The third kappa shape index (κ3) is 7.80. The molecule has 3 spiro atoms. The topological polar surface area (TPSA) is 141 Å². The summed E-state index contributed by atoms with van der Waals surface area (Å²) in [6.07, 6.45) is 28.2. The molecule has 3 saturated heterocycles. The monoisotopic (exact) mass is 1070 g/mol. The lowest BCUT2D eigenvalue weighted by Gasteiger charge is -2.59. The predicted molar refractivity (Wildman–Crippen MR) is 298 cm³/mol. The number of hydrogen-bond acceptors (Lipinski definition) is 11. The van der Waals surface area contributed by atoms with Gasteiger partial charge >= 0.3 is 0 Å². The zero-order valence-corrected chi connectivity index (χ0v) is 49.4. The maximum absolute atomic E-state index is 13.9. The number of carbonyl (C=O) groups excluding carboxylic acids is 5. The van der Waals surface area contributed by atoms with Crippen LogP contribution in [0.1, 0.15) is 172 Å². The highest BCUT2D eigenvalue weighted by Crippen LogP contribution is 2.75. The standard InChI is InChI=1S/C23H34O3.2C22H30O4/c1-14-6-7-22-8-9-23(25-10-11-26-23)19(22)21(14,5)18(24)13-20(4)15(2)12-17(22)16(20)3;1-5-19(3)12-16(14-23)21-7-6-15(2)20(4,17(24)13-19)18(21)22(9-8-21)25-10-11-26-22;1-6-19(4,15-23)14-17(24)20(5)16(3)8-9-21(7-2)10-11-22(18(20)21)25-12-13-26-22/h12,14-16,19H,6-11,13H2,1-5H3;5,12,14-15,18H,1,6-11,13H2,2-4H3;2,6,15-16,18H,1,8-14H2,3-5H3/t14-,15-,16+,19?,20+,21+,22+;15-,18?,19+,20+,21+;16-,18?,19-,20+,21+/m111/s1. The Bertz CT molecular complexity index is 2580. The average molecular weight is 1080 g/mol. The number of terminal acetylenes is 1. The third-order valence-corrected chi connectivity index (χ3v) is 25.6. The summed E-state index contributed by atoms with van der Waals surface area (Å²) in [6, 6.07) is 0. The molecule has 0 aromatic rings. The van der Waals surface area contributed by atoms with Crippen molar-refractivity contribution < 1.29 is 52.4 Å². The minimum atomic E-state index is -0.862. The number of fused-ring (bicyclic) bond motifs is 4. The van der Waals surface area contributed by atoms with Gasteiger partial charge in [0.05, 0.1) is 39.6 Å². The number of carbonyl (C=O) groups is 5. The molecule has 7 saturated carbocycles. The number of hydrogen-bond donors (Lipinski definition) is 0. The van der Waals surface area contributed by atoms with E-state index in [4.69, 9.17) is 34.8 Å². The Morgan fingerprint density at radius 1 is 0.667 bits per heavy atom. The van der Waals surface area contributed by atoms with E-state index in [2.05, 4.69) is 80.5 Å². The molecule has 3 aliphatic heterocycles. The Morgan fingerprint density at radius 2 is 1.14 bits per heavy atom. The molecule has 3 heterocycles. The molecule has 78 heavy (non-hydrogen) atoms. The van der Waals surface area contributed by atoms with E-state index in [0.717, 1.165) is 88.8 Å². The van der Waals surface area contributed by atoms with Gasteiger partial charge in [0.15, 0.2) is 17.4 Å². The Balaban J connectivity index is 0.000000132. The number of Topliss-reactive ketones (excluding diaryl/α,β-unsaturated/α-hetero) is 3. The van der Waals surface area contributed by atoms with Crippen LogP contribution in [0.3, 0.4) is 0 Å². The molecule has 0 N–H and O–H groups in total. The van der Waals surface area contributed by atoms with E-state index in [9.17, 15) is 24.0 Å². The van der Waals surface area contributed by atoms with Crippen LogP contribution in [0.4, 0.5) is 0 Å². The Hall–Kier alpha value is -3.37. The first-order chi connectivity index (χ1) is 36.7. The largest absolute Gasteiger partial charge is 0.347 e. The summed E-state index contributed by atoms with van der Waals surface area (Å²) in [5, 5.41) is 0. The number of ketones is 3. The summed E-state index contributed by atoms with van der Waals surface area (Å²) in [7, 11) is 0. The van der Waals surface area contributed by atoms with Crippen molar-refractivity contribution in [2.24, 2.45) is 96.1 Å². The zero-order valence-electron chi connectivity index (χ0n) is 49.4. The molecule has 12 aliphatic rings. The van der Waals surface area contributed by atoms with Gasteiger partial charge in [-0.25, -0.2) is 0 Å². The third-order valence-electron chi connectivity index (χ3n) is 25.6. The molecule has 0 aromatic heterocycles. The minimum absolute atomic E-state index is 0.0594. The molecular weight excluding hydrogens is 981 g/mol. The number of allylic oxidation sites excluding steroid dienone is 6. The molecule has 6 bridgehead atoms. The SMILES string of the molecule is C#C[C@@]12CC[C@@H](C)[C@@](C)(C(=O)C[C@@](C)(C=C)C=O)C1C1(CC2)OCCO1.C=C[C@@]1(C)C=C(C=O)[C@@]23CC[C@@H](C)[C@@](C)(C(=O)C1)C2C1(CC3)OCCO1.C[C@@H]1C=C2[C@H](C)[C@@]1(C)CC(=O)[C@@]1(C)C3C4(CC[C@@]23CC[C@H]1C)OCCO4. The van der Waals surface area contributed by atoms with E-state index in [1.807, 2.05) is 26.0 Å². The fourth-order valence-electron chi connectivity index (χ4n) is 20.1. The minimum Gasteiger partial charge on any atom is -0.347 e. The highest BCUT2D eigenvalue weighted by Gasteiger charge is 2.76. The van der Waals surface area contributed by atoms with Gasteiger partial charge in [0.2, 0.25) is 0 Å². The molecule has 0 radical (unpaired) electrons. The van der Waals surface area contributed by atoms with Crippen LogP contribution in [0.25, 0.3) is 0 Å². The molecule has 11 heteroatoms. The highest BCUT2D eigenvalue weighted by molar-refractivity contribution is 5.90. The molecule has 9 aliphatic carbocycles. The van der Waals surface area contributed by atoms with Gasteiger partial charge in [-0.15, -0.1) is 19.6 Å². The maximum Gasteiger partial charge on any atom is 0.173 e. The van der Waals surface area contributed by atoms with Gasteiger partial charge in [-0.3, -0.25) is 19.2 Å². The normalized spacial score (nSPS) is 47.4. The molecule has 12 rings (SSSR count). The van der Waals surface area contributed by atoms with Crippen molar-refractivity contribution in [1.29, 1.82) is 0 Å².